The fraction of sp³-hybridized carbons (Fsp3) is 0.0930. The van der Waals surface area contributed by atoms with Gasteiger partial charge in [0.25, 0.3) is 0 Å². The van der Waals surface area contributed by atoms with E-state index in [0.717, 1.165) is 56.2 Å². The molecule has 6 aromatic carbocycles. The van der Waals surface area contributed by atoms with Gasteiger partial charge in [-0.1, -0.05) is 91.0 Å². The molecule has 0 saturated heterocycles. The van der Waals surface area contributed by atoms with E-state index in [1.165, 1.54) is 6.07 Å². The molecule has 53 heavy (non-hydrogen) atoms. The molecule has 0 unspecified atom stereocenters. The van der Waals surface area contributed by atoms with Crippen molar-refractivity contribution in [3.05, 3.63) is 156 Å². The Kier molecular flexibility index (Phi) is 8.13. The Morgan fingerprint density at radius 3 is 1.38 bits per heavy atom. The zero-order valence-electron chi connectivity index (χ0n) is 28.3. The van der Waals surface area contributed by atoms with Crippen LogP contribution in [0.4, 0.5) is 26.3 Å². The van der Waals surface area contributed by atoms with E-state index in [2.05, 4.69) is 0 Å². The minimum absolute atomic E-state index is 0.137. The van der Waals surface area contributed by atoms with Gasteiger partial charge < -0.3 is 4.57 Å². The van der Waals surface area contributed by atoms with Crippen molar-refractivity contribution in [2.24, 2.45) is 0 Å². The molecule has 0 atom stereocenters. The summed E-state index contributed by atoms with van der Waals surface area (Å²) in [5.41, 5.74) is 3.07. The highest BCUT2D eigenvalue weighted by atomic mass is 19.4. The molecule has 0 N–H and O–H groups in total. The lowest BCUT2D eigenvalue weighted by molar-refractivity contribution is -0.143. The molecule has 8 aromatic rings. The van der Waals surface area contributed by atoms with Gasteiger partial charge in [0, 0.05) is 27.5 Å². The van der Waals surface area contributed by atoms with Crippen LogP contribution in [0.5, 0.6) is 0 Å². The fourth-order valence-electron chi connectivity index (χ4n) is 6.63. The quantitative estimate of drug-likeness (QED) is 0.167. The van der Waals surface area contributed by atoms with Crippen LogP contribution in [0.1, 0.15) is 22.3 Å². The van der Waals surface area contributed by atoms with Gasteiger partial charge in [-0.05, 0) is 78.6 Å². The molecule has 0 saturated carbocycles. The van der Waals surface area contributed by atoms with Crippen molar-refractivity contribution in [3.63, 3.8) is 0 Å². The molecule has 8 rings (SSSR count). The van der Waals surface area contributed by atoms with E-state index < -0.39 is 23.5 Å². The standard InChI is InChI=1S/C43H28F6N4/c1-25-13-16-33-34-17-14-26(2)20-37(34)53(36(33)19-25)38-23-29(30-21-31(42(44,45)46)24-32(22-30)43(47,48)49)15-18-35(38)41-51-39(27-9-5-3-6-10-27)50-40(52-41)28-11-7-4-8-12-28/h3-24H,1-2H3. The van der Waals surface area contributed by atoms with Crippen molar-refractivity contribution >= 4 is 21.8 Å². The van der Waals surface area contributed by atoms with Crippen molar-refractivity contribution in [1.82, 2.24) is 19.5 Å². The number of halogens is 6. The monoisotopic (exact) mass is 714 g/mol. The number of rotatable bonds is 5. The number of nitrogens with zero attached hydrogens (tertiary/aromatic N) is 4. The van der Waals surface area contributed by atoms with Gasteiger partial charge in [0.1, 0.15) is 0 Å². The van der Waals surface area contributed by atoms with Crippen LogP contribution in [-0.2, 0) is 12.4 Å². The predicted octanol–water partition coefficient (Wildman–Crippen LogP) is 12.3. The number of aryl methyl sites for hydroxylation is 2. The Balaban J connectivity index is 1.47. The van der Waals surface area contributed by atoms with Crippen molar-refractivity contribution < 1.29 is 26.3 Å². The Bertz CT molecular complexity index is 2510. The third kappa shape index (κ3) is 6.41. The highest BCUT2D eigenvalue weighted by Crippen LogP contribution is 2.42. The topological polar surface area (TPSA) is 43.6 Å². The summed E-state index contributed by atoms with van der Waals surface area (Å²) in [6.07, 6.45) is -10.0. The van der Waals surface area contributed by atoms with Crippen LogP contribution in [0.3, 0.4) is 0 Å². The zero-order chi connectivity index (χ0) is 37.1. The van der Waals surface area contributed by atoms with Gasteiger partial charge in [-0.2, -0.15) is 26.3 Å². The van der Waals surface area contributed by atoms with E-state index in [4.69, 9.17) is 15.0 Å². The third-order valence-corrected chi connectivity index (χ3v) is 9.18. The summed E-state index contributed by atoms with van der Waals surface area (Å²) in [7, 11) is 0. The second-order valence-corrected chi connectivity index (χ2v) is 12.9. The van der Waals surface area contributed by atoms with E-state index in [0.29, 0.717) is 22.9 Å². The lowest BCUT2D eigenvalue weighted by atomic mass is 9.97. The average Bonchev–Trinajstić information content (AvgIpc) is 3.46. The van der Waals surface area contributed by atoms with E-state index in [9.17, 15) is 26.3 Å². The summed E-state index contributed by atoms with van der Waals surface area (Å²) < 4.78 is 86.1. The van der Waals surface area contributed by atoms with Crippen molar-refractivity contribution in [2.75, 3.05) is 0 Å². The molecule has 2 heterocycles. The second-order valence-electron chi connectivity index (χ2n) is 12.9. The molecular weight excluding hydrogens is 686 g/mol. The molecule has 2 aromatic heterocycles. The first-order chi connectivity index (χ1) is 25.3. The van der Waals surface area contributed by atoms with Crippen LogP contribution in [0.25, 0.3) is 72.8 Å². The van der Waals surface area contributed by atoms with Crippen LogP contribution in [0.15, 0.2) is 133 Å². The maximum Gasteiger partial charge on any atom is 0.416 e. The summed E-state index contributed by atoms with van der Waals surface area (Å²) >= 11 is 0. The Labute approximate surface area is 300 Å². The highest BCUT2D eigenvalue weighted by Gasteiger charge is 2.37. The summed E-state index contributed by atoms with van der Waals surface area (Å²) in [5, 5.41) is 1.84. The minimum atomic E-state index is -5.01. The van der Waals surface area contributed by atoms with E-state index in [-0.39, 0.29) is 23.0 Å². The van der Waals surface area contributed by atoms with Crippen LogP contribution in [0.2, 0.25) is 0 Å². The maximum absolute atomic E-state index is 14.0. The first-order valence-electron chi connectivity index (χ1n) is 16.7. The molecular formula is C43H28F6N4. The van der Waals surface area contributed by atoms with Gasteiger partial charge in [-0.3, -0.25) is 0 Å². The molecule has 0 spiro atoms. The van der Waals surface area contributed by atoms with Crippen LogP contribution >= 0.6 is 0 Å². The smallest absolute Gasteiger partial charge is 0.308 e. The third-order valence-electron chi connectivity index (χ3n) is 9.18. The molecule has 0 aliphatic carbocycles. The molecule has 0 radical (unpaired) electrons. The number of hydrogen-bond acceptors (Lipinski definition) is 3. The van der Waals surface area contributed by atoms with Crippen molar-refractivity contribution in [1.29, 1.82) is 0 Å². The van der Waals surface area contributed by atoms with Gasteiger partial charge in [0.05, 0.1) is 27.8 Å². The normalized spacial score (nSPS) is 12.2. The van der Waals surface area contributed by atoms with Crippen molar-refractivity contribution in [3.8, 4) is 51.0 Å². The zero-order valence-corrected chi connectivity index (χ0v) is 28.3. The highest BCUT2D eigenvalue weighted by molar-refractivity contribution is 6.10. The SMILES string of the molecule is Cc1ccc2c3ccc(C)cc3n(-c3cc(-c4cc(C(F)(F)F)cc(C(F)(F)F)c4)ccc3-c3nc(-c4ccccc4)nc(-c4ccccc4)n3)c2c1. The van der Waals surface area contributed by atoms with Gasteiger partial charge in [0.2, 0.25) is 0 Å². The molecule has 0 aliphatic rings. The number of fused-ring (bicyclic) bond motifs is 3. The molecule has 262 valence electrons. The van der Waals surface area contributed by atoms with Gasteiger partial charge in [0.15, 0.2) is 17.5 Å². The number of hydrogen-bond donors (Lipinski definition) is 0. The summed E-state index contributed by atoms with van der Waals surface area (Å²) in [5.74, 6) is 1.06. The lowest BCUT2D eigenvalue weighted by Crippen LogP contribution is -2.11. The Morgan fingerprint density at radius 2 is 0.906 bits per heavy atom. The summed E-state index contributed by atoms with van der Waals surface area (Å²) in [6.45, 7) is 3.91. The lowest BCUT2D eigenvalue weighted by Gasteiger charge is -2.18. The first kappa shape index (κ1) is 33.8. The van der Waals surface area contributed by atoms with E-state index >= 15 is 0 Å². The Morgan fingerprint density at radius 1 is 0.434 bits per heavy atom. The van der Waals surface area contributed by atoms with Crippen LogP contribution in [-0.4, -0.2) is 19.5 Å². The second kappa shape index (κ2) is 12.7. The number of alkyl halides is 6. The molecule has 0 fully saturated rings. The Hall–Kier alpha value is -6.29. The molecule has 0 aliphatic heterocycles. The van der Waals surface area contributed by atoms with Crippen LogP contribution in [0, 0.1) is 13.8 Å². The van der Waals surface area contributed by atoms with Gasteiger partial charge >= 0.3 is 12.4 Å². The number of benzene rings is 6. The van der Waals surface area contributed by atoms with Gasteiger partial charge in [-0.15, -0.1) is 0 Å². The van der Waals surface area contributed by atoms with E-state index in [1.807, 2.05) is 115 Å². The molecule has 10 heteroatoms. The predicted molar refractivity (Wildman–Crippen MR) is 195 cm³/mol. The van der Waals surface area contributed by atoms with Gasteiger partial charge in [-0.25, -0.2) is 15.0 Å². The summed E-state index contributed by atoms with van der Waals surface area (Å²) in [4.78, 5) is 14.7. The molecule has 0 amide bonds. The average molecular weight is 715 g/mol. The first-order valence-corrected chi connectivity index (χ1v) is 16.7. The fourth-order valence-corrected chi connectivity index (χ4v) is 6.63. The summed E-state index contributed by atoms with van der Waals surface area (Å²) in [6, 6.07) is 37.2. The minimum Gasteiger partial charge on any atom is -0.308 e. The number of aromatic nitrogens is 4. The molecule has 0 bridgehead atoms. The molecule has 4 nitrogen and oxygen atoms in total. The maximum atomic E-state index is 14.0. The largest absolute Gasteiger partial charge is 0.416 e. The van der Waals surface area contributed by atoms with Crippen molar-refractivity contribution in [2.45, 2.75) is 26.2 Å². The van der Waals surface area contributed by atoms with E-state index in [1.54, 1.807) is 12.1 Å². The van der Waals surface area contributed by atoms with Crippen LogP contribution < -0.4 is 0 Å².